The van der Waals surface area contributed by atoms with Crippen LogP contribution in [-0.2, 0) is 6.54 Å². The van der Waals surface area contributed by atoms with E-state index in [9.17, 15) is 5.11 Å². The molecule has 20 heavy (non-hydrogen) atoms. The molecule has 0 radical (unpaired) electrons. The van der Waals surface area contributed by atoms with Crippen LogP contribution in [0.15, 0.2) is 30.3 Å². The van der Waals surface area contributed by atoms with Gasteiger partial charge in [-0.25, -0.2) is 0 Å². The van der Waals surface area contributed by atoms with Crippen LogP contribution in [-0.4, -0.2) is 34.2 Å². The SMILES string of the molecule is Cc1cc(CN2CCC(C)C2CO)c2ccccc2n1. The topological polar surface area (TPSA) is 36.4 Å². The summed E-state index contributed by atoms with van der Waals surface area (Å²) in [6, 6.07) is 10.8. The van der Waals surface area contributed by atoms with E-state index in [0.29, 0.717) is 12.0 Å². The first kappa shape index (κ1) is 13.5. The molecule has 2 atom stereocenters. The van der Waals surface area contributed by atoms with Gasteiger partial charge in [0.05, 0.1) is 12.1 Å². The molecule has 1 aliphatic rings. The second kappa shape index (κ2) is 5.51. The highest BCUT2D eigenvalue weighted by molar-refractivity contribution is 5.82. The quantitative estimate of drug-likeness (QED) is 0.931. The molecule has 1 aliphatic heterocycles. The second-order valence-corrected chi connectivity index (χ2v) is 5.93. The number of fused-ring (bicyclic) bond motifs is 1. The zero-order chi connectivity index (χ0) is 14.1. The molecule has 106 valence electrons. The van der Waals surface area contributed by atoms with Crippen molar-refractivity contribution >= 4 is 10.9 Å². The Morgan fingerprint density at radius 2 is 2.15 bits per heavy atom. The molecular formula is C17H22N2O. The van der Waals surface area contributed by atoms with Crippen molar-refractivity contribution in [1.29, 1.82) is 0 Å². The lowest BCUT2D eigenvalue weighted by Crippen LogP contribution is -2.34. The molecule has 2 unspecified atom stereocenters. The van der Waals surface area contributed by atoms with Crippen molar-refractivity contribution in [2.45, 2.75) is 32.9 Å². The predicted octanol–water partition coefficient (Wildman–Crippen LogP) is 2.75. The highest BCUT2D eigenvalue weighted by Crippen LogP contribution is 2.27. The van der Waals surface area contributed by atoms with Gasteiger partial charge in [-0.15, -0.1) is 0 Å². The van der Waals surface area contributed by atoms with Crippen molar-refractivity contribution in [2.24, 2.45) is 5.92 Å². The summed E-state index contributed by atoms with van der Waals surface area (Å²) in [4.78, 5) is 7.01. The van der Waals surface area contributed by atoms with E-state index < -0.39 is 0 Å². The molecule has 1 fully saturated rings. The average Bonchev–Trinajstić information content (AvgIpc) is 2.79. The van der Waals surface area contributed by atoms with Crippen LogP contribution in [0.1, 0.15) is 24.6 Å². The molecule has 3 nitrogen and oxygen atoms in total. The summed E-state index contributed by atoms with van der Waals surface area (Å²) in [5.41, 5.74) is 3.45. The number of aromatic nitrogens is 1. The molecule has 0 saturated carbocycles. The maximum Gasteiger partial charge on any atom is 0.0708 e. The maximum absolute atomic E-state index is 9.60. The number of hydrogen-bond acceptors (Lipinski definition) is 3. The number of aryl methyl sites for hydroxylation is 1. The summed E-state index contributed by atoms with van der Waals surface area (Å²) in [7, 11) is 0. The number of aliphatic hydroxyl groups is 1. The fourth-order valence-electron chi connectivity index (χ4n) is 3.32. The third kappa shape index (κ3) is 2.43. The number of hydrogen-bond donors (Lipinski definition) is 1. The Bertz CT molecular complexity index is 611. The van der Waals surface area contributed by atoms with Crippen LogP contribution in [0, 0.1) is 12.8 Å². The van der Waals surface area contributed by atoms with Crippen molar-refractivity contribution in [3.63, 3.8) is 0 Å². The zero-order valence-corrected chi connectivity index (χ0v) is 12.2. The van der Waals surface area contributed by atoms with Crippen molar-refractivity contribution < 1.29 is 5.11 Å². The van der Waals surface area contributed by atoms with Gasteiger partial charge in [-0.3, -0.25) is 9.88 Å². The van der Waals surface area contributed by atoms with Crippen molar-refractivity contribution in [1.82, 2.24) is 9.88 Å². The van der Waals surface area contributed by atoms with Crippen molar-refractivity contribution in [3.05, 3.63) is 41.6 Å². The molecule has 3 heteroatoms. The van der Waals surface area contributed by atoms with Crippen LogP contribution in [0.25, 0.3) is 10.9 Å². The average molecular weight is 270 g/mol. The van der Waals surface area contributed by atoms with Crippen molar-refractivity contribution in [2.75, 3.05) is 13.2 Å². The standard InChI is InChI=1S/C17H22N2O/c1-12-7-8-19(17(12)11-20)10-14-9-13(2)18-16-6-4-3-5-15(14)16/h3-6,9,12,17,20H,7-8,10-11H2,1-2H3. The highest BCUT2D eigenvalue weighted by Gasteiger charge is 2.30. The fourth-order valence-corrected chi connectivity index (χ4v) is 3.32. The summed E-state index contributed by atoms with van der Waals surface area (Å²) < 4.78 is 0. The van der Waals surface area contributed by atoms with Gasteiger partial charge in [0.25, 0.3) is 0 Å². The fraction of sp³-hybridized carbons (Fsp3) is 0.471. The molecule has 3 rings (SSSR count). The van der Waals surface area contributed by atoms with E-state index in [-0.39, 0.29) is 6.61 Å². The monoisotopic (exact) mass is 270 g/mol. The molecule has 2 aromatic rings. The zero-order valence-electron chi connectivity index (χ0n) is 12.2. The number of aliphatic hydroxyl groups excluding tert-OH is 1. The van der Waals surface area contributed by atoms with E-state index in [1.54, 1.807) is 0 Å². The van der Waals surface area contributed by atoms with Gasteiger partial charge in [-0.2, -0.15) is 0 Å². The Kier molecular flexibility index (Phi) is 3.72. The first-order valence-electron chi connectivity index (χ1n) is 7.39. The van der Waals surface area contributed by atoms with E-state index >= 15 is 0 Å². The molecule has 2 heterocycles. The summed E-state index contributed by atoms with van der Waals surface area (Å²) in [6.45, 7) is 6.51. The van der Waals surface area contributed by atoms with Crippen LogP contribution < -0.4 is 0 Å². The predicted molar refractivity (Wildman–Crippen MR) is 81.5 cm³/mol. The molecule has 1 aromatic heterocycles. The largest absolute Gasteiger partial charge is 0.395 e. The molecule has 1 saturated heterocycles. The van der Waals surface area contributed by atoms with E-state index in [2.05, 4.69) is 41.1 Å². The molecular weight excluding hydrogens is 248 g/mol. The lowest BCUT2D eigenvalue weighted by molar-refractivity contribution is 0.134. The lowest BCUT2D eigenvalue weighted by Gasteiger charge is -2.25. The van der Waals surface area contributed by atoms with Crippen LogP contribution in [0.4, 0.5) is 0 Å². The third-order valence-corrected chi connectivity index (χ3v) is 4.49. The number of rotatable bonds is 3. The number of para-hydroxylation sites is 1. The van der Waals surface area contributed by atoms with Crippen LogP contribution in [0.3, 0.4) is 0 Å². The smallest absolute Gasteiger partial charge is 0.0708 e. The molecule has 0 amide bonds. The highest BCUT2D eigenvalue weighted by atomic mass is 16.3. The van der Waals surface area contributed by atoms with Crippen LogP contribution in [0.5, 0.6) is 0 Å². The Hall–Kier alpha value is -1.45. The normalized spacial score (nSPS) is 23.6. The minimum Gasteiger partial charge on any atom is -0.395 e. The Labute approximate surface area is 120 Å². The van der Waals surface area contributed by atoms with Crippen LogP contribution >= 0.6 is 0 Å². The molecule has 1 N–H and O–H groups in total. The summed E-state index contributed by atoms with van der Waals surface area (Å²) >= 11 is 0. The minimum absolute atomic E-state index is 0.253. The number of pyridine rings is 1. The van der Waals surface area contributed by atoms with E-state index in [4.69, 9.17) is 0 Å². The summed E-state index contributed by atoms with van der Waals surface area (Å²) in [6.07, 6.45) is 1.17. The summed E-state index contributed by atoms with van der Waals surface area (Å²) in [5.74, 6) is 0.578. The first-order chi connectivity index (χ1) is 9.69. The van der Waals surface area contributed by atoms with E-state index in [0.717, 1.165) is 24.3 Å². The van der Waals surface area contributed by atoms with Gasteiger partial charge >= 0.3 is 0 Å². The third-order valence-electron chi connectivity index (χ3n) is 4.49. The Balaban J connectivity index is 1.94. The van der Waals surface area contributed by atoms with Gasteiger partial charge < -0.3 is 5.11 Å². The van der Waals surface area contributed by atoms with Gasteiger partial charge in [0.15, 0.2) is 0 Å². The minimum atomic E-state index is 0.253. The number of nitrogens with zero attached hydrogens (tertiary/aromatic N) is 2. The first-order valence-corrected chi connectivity index (χ1v) is 7.39. The number of likely N-dealkylation sites (tertiary alicyclic amines) is 1. The van der Waals surface area contributed by atoms with Crippen LogP contribution in [0.2, 0.25) is 0 Å². The maximum atomic E-state index is 9.60. The van der Waals surface area contributed by atoms with E-state index in [1.165, 1.54) is 17.4 Å². The molecule has 0 aliphatic carbocycles. The molecule has 0 bridgehead atoms. The Morgan fingerprint density at radius 3 is 2.95 bits per heavy atom. The molecule has 1 aromatic carbocycles. The molecule has 0 spiro atoms. The lowest BCUT2D eigenvalue weighted by atomic mass is 10.0. The van der Waals surface area contributed by atoms with Gasteiger partial charge in [-0.1, -0.05) is 25.1 Å². The summed E-state index contributed by atoms with van der Waals surface area (Å²) in [5, 5.41) is 10.8. The van der Waals surface area contributed by atoms with Crippen molar-refractivity contribution in [3.8, 4) is 0 Å². The number of benzene rings is 1. The van der Waals surface area contributed by atoms with E-state index in [1.807, 2.05) is 13.0 Å². The Morgan fingerprint density at radius 1 is 1.35 bits per heavy atom. The van der Waals surface area contributed by atoms with Gasteiger partial charge in [0.2, 0.25) is 0 Å². The van der Waals surface area contributed by atoms with Gasteiger partial charge in [0.1, 0.15) is 0 Å². The van der Waals surface area contributed by atoms with Gasteiger partial charge in [0, 0.05) is 23.7 Å². The van der Waals surface area contributed by atoms with Gasteiger partial charge in [-0.05, 0) is 43.5 Å². The second-order valence-electron chi connectivity index (χ2n) is 5.93.